The molecule has 0 saturated carbocycles. The minimum Gasteiger partial charge on any atom is -0.497 e. The molecule has 2 N–H and O–H groups in total. The number of hydrogen-bond acceptors (Lipinski definition) is 5. The van der Waals surface area contributed by atoms with Crippen molar-refractivity contribution in [3.63, 3.8) is 0 Å². The van der Waals surface area contributed by atoms with E-state index in [9.17, 15) is 9.59 Å². The molecule has 0 aromatic heterocycles. The molecule has 152 valence electrons. The number of oxime groups is 1. The summed E-state index contributed by atoms with van der Waals surface area (Å²) in [5.74, 6) is 0.206. The van der Waals surface area contributed by atoms with Crippen LogP contribution in [0.4, 0.5) is 0 Å². The highest BCUT2D eigenvalue weighted by atomic mass is 35.5. The van der Waals surface area contributed by atoms with Crippen LogP contribution in [0, 0.1) is 0 Å². The lowest BCUT2D eigenvalue weighted by Gasteiger charge is -2.32. The largest absolute Gasteiger partial charge is 0.497 e. The Morgan fingerprint density at radius 3 is 2.79 bits per heavy atom. The molecule has 2 heterocycles. The Kier molecular flexibility index (Phi) is 6.41. The third-order valence-corrected chi connectivity index (χ3v) is 5.43. The highest BCUT2D eigenvalue weighted by Gasteiger charge is 2.33. The third-order valence-electron chi connectivity index (χ3n) is 5.10. The Morgan fingerprint density at radius 1 is 1.39 bits per heavy atom. The number of amides is 2. The van der Waals surface area contributed by atoms with Gasteiger partial charge in [-0.15, -0.1) is 0 Å². The van der Waals surface area contributed by atoms with Crippen LogP contribution in [0.2, 0.25) is 5.02 Å². The summed E-state index contributed by atoms with van der Waals surface area (Å²) in [5, 5.41) is 7.26. The van der Waals surface area contributed by atoms with Crippen molar-refractivity contribution in [1.82, 2.24) is 10.2 Å². The summed E-state index contributed by atoms with van der Waals surface area (Å²) in [4.78, 5) is 33.6. The Morgan fingerprint density at radius 2 is 2.11 bits per heavy atom. The van der Waals surface area contributed by atoms with Crippen LogP contribution in [0.25, 0.3) is 0 Å². The zero-order valence-corrected chi connectivity index (χ0v) is 17.1. The molecule has 0 bridgehead atoms. The summed E-state index contributed by atoms with van der Waals surface area (Å²) in [6.07, 6.45) is -0.512. The summed E-state index contributed by atoms with van der Waals surface area (Å²) >= 11 is 6.24. The van der Waals surface area contributed by atoms with Gasteiger partial charge in [-0.1, -0.05) is 16.8 Å². The van der Waals surface area contributed by atoms with E-state index in [0.29, 0.717) is 35.1 Å². The summed E-state index contributed by atoms with van der Waals surface area (Å²) < 4.78 is 5.21. The number of methoxy groups -OCH3 is 1. The van der Waals surface area contributed by atoms with E-state index >= 15 is 0 Å². The van der Waals surface area contributed by atoms with Crippen LogP contribution in [0.5, 0.6) is 5.75 Å². The number of halogens is 1. The molecule has 0 aliphatic carbocycles. The fourth-order valence-electron chi connectivity index (χ4n) is 3.28. The quantitative estimate of drug-likeness (QED) is 0.699. The fraction of sp³-hybridized carbons (Fsp3) is 0.526. The van der Waals surface area contributed by atoms with Crippen LogP contribution >= 0.6 is 11.6 Å². The number of nitrogens with one attached hydrogen (secondary N) is 2. The first-order valence-electron chi connectivity index (χ1n) is 9.36. The van der Waals surface area contributed by atoms with Crippen molar-refractivity contribution in [2.24, 2.45) is 5.16 Å². The third kappa shape index (κ3) is 4.56. The standard InChI is InChI=1S/C19H25ClN4O4/c1-12(19(26)24-8-6-23(2)7-9-24)21-18(25)17-11-16(22-28-17)14-10-13(27-3)4-5-15(14)20/h4-5,10,12,17H,6-9,11H2,1-3H3,(H,21,25)/p+1/t12-,17-/m0/s1. The van der Waals surface area contributed by atoms with E-state index in [4.69, 9.17) is 21.2 Å². The van der Waals surface area contributed by atoms with Crippen LogP contribution in [-0.2, 0) is 14.4 Å². The van der Waals surface area contributed by atoms with Gasteiger partial charge in [-0.2, -0.15) is 0 Å². The number of quaternary nitrogens is 1. The zero-order valence-electron chi connectivity index (χ0n) is 16.3. The lowest BCUT2D eigenvalue weighted by atomic mass is 10.0. The van der Waals surface area contributed by atoms with Crippen molar-refractivity contribution in [1.29, 1.82) is 0 Å². The molecular formula is C19H26ClN4O4+. The first-order valence-corrected chi connectivity index (χ1v) is 9.74. The average Bonchev–Trinajstić information content (AvgIpc) is 3.18. The van der Waals surface area contributed by atoms with Crippen LogP contribution in [0.1, 0.15) is 18.9 Å². The first kappa shape index (κ1) is 20.4. The van der Waals surface area contributed by atoms with Gasteiger partial charge in [0.25, 0.3) is 5.91 Å². The predicted molar refractivity (Wildman–Crippen MR) is 105 cm³/mol. The van der Waals surface area contributed by atoms with Crippen molar-refractivity contribution in [3.05, 3.63) is 28.8 Å². The van der Waals surface area contributed by atoms with E-state index in [0.717, 1.165) is 13.1 Å². The van der Waals surface area contributed by atoms with E-state index in [2.05, 4.69) is 17.5 Å². The highest BCUT2D eigenvalue weighted by molar-refractivity contribution is 6.34. The van der Waals surface area contributed by atoms with Crippen LogP contribution in [0.3, 0.4) is 0 Å². The molecule has 28 heavy (non-hydrogen) atoms. The molecule has 1 aromatic rings. The molecule has 1 aromatic carbocycles. The Bertz CT molecular complexity index is 777. The van der Waals surface area contributed by atoms with Crippen LogP contribution < -0.4 is 15.0 Å². The second-order valence-electron chi connectivity index (χ2n) is 7.19. The number of likely N-dealkylation sites (N-methyl/N-ethyl adjacent to an activating group) is 1. The SMILES string of the molecule is COc1ccc(Cl)c(C2=NO[C@H](C(=O)N[C@@H](C)C(=O)N3CC[NH+](C)CC3)C2)c1. The summed E-state index contributed by atoms with van der Waals surface area (Å²) in [6, 6.07) is 4.61. The smallest absolute Gasteiger partial charge is 0.264 e. The Hall–Kier alpha value is -2.32. The highest BCUT2D eigenvalue weighted by Crippen LogP contribution is 2.27. The lowest BCUT2D eigenvalue weighted by molar-refractivity contribution is -0.883. The molecule has 1 saturated heterocycles. The van der Waals surface area contributed by atoms with Gasteiger partial charge in [0, 0.05) is 12.0 Å². The zero-order chi connectivity index (χ0) is 20.3. The van der Waals surface area contributed by atoms with Gasteiger partial charge < -0.3 is 24.7 Å². The first-order chi connectivity index (χ1) is 13.4. The lowest BCUT2D eigenvalue weighted by Crippen LogP contribution is -3.12. The maximum absolute atomic E-state index is 12.6. The number of carbonyl (C=O) groups is 2. The molecule has 0 spiro atoms. The molecule has 2 amide bonds. The minimum atomic E-state index is -0.788. The van der Waals surface area contributed by atoms with Crippen molar-refractivity contribution >= 4 is 29.1 Å². The van der Waals surface area contributed by atoms with E-state index in [1.807, 2.05) is 0 Å². The molecule has 2 aliphatic heterocycles. The van der Waals surface area contributed by atoms with Gasteiger partial charge in [-0.25, -0.2) is 0 Å². The number of rotatable bonds is 5. The molecule has 0 radical (unpaired) electrons. The number of piperazine rings is 1. The van der Waals surface area contributed by atoms with E-state index in [1.165, 1.54) is 4.90 Å². The molecular weight excluding hydrogens is 384 g/mol. The van der Waals surface area contributed by atoms with Crippen molar-refractivity contribution in [2.45, 2.75) is 25.5 Å². The number of nitrogens with zero attached hydrogens (tertiary/aromatic N) is 2. The molecule has 2 atom stereocenters. The summed E-state index contributed by atoms with van der Waals surface area (Å²) in [7, 11) is 3.67. The van der Waals surface area contributed by atoms with Gasteiger partial charge in [0.1, 0.15) is 11.8 Å². The molecule has 0 unspecified atom stereocenters. The molecule has 3 rings (SSSR count). The number of ether oxygens (including phenoxy) is 1. The predicted octanol–water partition coefficient (Wildman–Crippen LogP) is -0.297. The van der Waals surface area contributed by atoms with Crippen molar-refractivity contribution in [3.8, 4) is 5.75 Å². The van der Waals surface area contributed by atoms with E-state index < -0.39 is 12.1 Å². The van der Waals surface area contributed by atoms with Crippen molar-refractivity contribution in [2.75, 3.05) is 40.3 Å². The monoisotopic (exact) mass is 409 g/mol. The van der Waals surface area contributed by atoms with E-state index in [1.54, 1.807) is 37.1 Å². The average molecular weight is 410 g/mol. The van der Waals surface area contributed by atoms with Crippen LogP contribution in [0.15, 0.2) is 23.4 Å². The summed E-state index contributed by atoms with van der Waals surface area (Å²) in [5.41, 5.74) is 1.24. The second kappa shape index (κ2) is 8.79. The van der Waals surface area contributed by atoms with Gasteiger partial charge >= 0.3 is 0 Å². The van der Waals surface area contributed by atoms with Gasteiger partial charge in [-0.3, -0.25) is 9.59 Å². The van der Waals surface area contributed by atoms with Gasteiger partial charge in [0.2, 0.25) is 12.0 Å². The second-order valence-corrected chi connectivity index (χ2v) is 7.60. The maximum atomic E-state index is 12.6. The number of benzene rings is 1. The van der Waals surface area contributed by atoms with Gasteiger partial charge in [-0.05, 0) is 25.1 Å². The number of carbonyl (C=O) groups excluding carboxylic acids is 2. The molecule has 1 fully saturated rings. The van der Waals surface area contributed by atoms with Crippen molar-refractivity contribution < 1.29 is 24.1 Å². The van der Waals surface area contributed by atoms with Gasteiger partial charge in [0.05, 0.1) is 51.1 Å². The van der Waals surface area contributed by atoms with E-state index in [-0.39, 0.29) is 18.2 Å². The summed E-state index contributed by atoms with van der Waals surface area (Å²) in [6.45, 7) is 4.92. The minimum absolute atomic E-state index is 0.0733. The maximum Gasteiger partial charge on any atom is 0.264 e. The van der Waals surface area contributed by atoms with Crippen LogP contribution in [-0.4, -0.2) is 74.9 Å². The Balaban J connectivity index is 1.56. The fourth-order valence-corrected chi connectivity index (χ4v) is 3.51. The molecule has 9 heteroatoms. The Labute approximate surface area is 169 Å². The normalized spacial score (nSPS) is 20.9. The van der Waals surface area contributed by atoms with Gasteiger partial charge in [0.15, 0.2) is 0 Å². The topological polar surface area (TPSA) is 84.7 Å². The molecule has 2 aliphatic rings. The molecule has 8 nitrogen and oxygen atoms in total. The number of hydrogen-bond donors (Lipinski definition) is 2.